The normalized spacial score (nSPS) is 23.3. The zero-order valence-electron chi connectivity index (χ0n) is 11.1. The Morgan fingerprint density at radius 1 is 1.61 bits per heavy atom. The van der Waals surface area contributed by atoms with Gasteiger partial charge in [0.15, 0.2) is 6.39 Å². The van der Waals surface area contributed by atoms with Crippen molar-refractivity contribution in [1.82, 2.24) is 9.88 Å². The van der Waals surface area contributed by atoms with Gasteiger partial charge in [-0.1, -0.05) is 6.42 Å². The molecular weight excluding hydrogens is 230 g/mol. The zero-order chi connectivity index (χ0) is 13.1. The number of carbonyl (C=O) groups is 1. The van der Waals surface area contributed by atoms with Crippen LogP contribution in [0.25, 0.3) is 0 Å². The average Bonchev–Trinajstić information content (AvgIpc) is 2.98. The van der Waals surface area contributed by atoms with Crippen LogP contribution >= 0.6 is 0 Å². The maximum Gasteiger partial charge on any atom is 0.291 e. The number of hydrogen-bond acceptors (Lipinski definition) is 4. The van der Waals surface area contributed by atoms with Gasteiger partial charge in [0, 0.05) is 12.6 Å². The number of rotatable bonds is 4. The van der Waals surface area contributed by atoms with Gasteiger partial charge in [0.25, 0.3) is 5.91 Å². The van der Waals surface area contributed by atoms with Crippen molar-refractivity contribution < 1.29 is 9.21 Å². The molecule has 1 fully saturated rings. The standard InChI is InChI=1S/C13H21N3O2/c1-3-16(11-6-4-5-10(11)7-14)13(17)12-9(2)15-8-18-12/h8,10-11H,3-7,14H2,1-2H3. The molecule has 1 amide bonds. The molecule has 5 nitrogen and oxygen atoms in total. The lowest BCUT2D eigenvalue weighted by Crippen LogP contribution is -2.44. The van der Waals surface area contributed by atoms with E-state index in [1.54, 1.807) is 6.92 Å². The van der Waals surface area contributed by atoms with Gasteiger partial charge in [-0.2, -0.15) is 0 Å². The molecule has 0 bridgehead atoms. The van der Waals surface area contributed by atoms with Crippen LogP contribution in [0.4, 0.5) is 0 Å². The lowest BCUT2D eigenvalue weighted by atomic mass is 10.0. The van der Waals surface area contributed by atoms with Crippen LogP contribution in [0.5, 0.6) is 0 Å². The molecule has 2 N–H and O–H groups in total. The molecule has 1 heterocycles. The quantitative estimate of drug-likeness (QED) is 0.881. The smallest absolute Gasteiger partial charge is 0.291 e. The monoisotopic (exact) mass is 251 g/mol. The van der Waals surface area contributed by atoms with E-state index in [4.69, 9.17) is 10.2 Å². The molecular formula is C13H21N3O2. The number of aryl methyl sites for hydroxylation is 1. The summed E-state index contributed by atoms with van der Waals surface area (Å²) in [6.45, 7) is 5.11. The van der Waals surface area contributed by atoms with Gasteiger partial charge in [-0.05, 0) is 39.2 Å². The Bertz CT molecular complexity index is 416. The summed E-state index contributed by atoms with van der Waals surface area (Å²) >= 11 is 0. The second-order valence-electron chi connectivity index (χ2n) is 4.85. The first-order valence-corrected chi connectivity index (χ1v) is 6.60. The molecule has 1 aliphatic carbocycles. The van der Waals surface area contributed by atoms with E-state index in [1.807, 2.05) is 11.8 Å². The molecule has 1 saturated carbocycles. The van der Waals surface area contributed by atoms with E-state index in [2.05, 4.69) is 4.98 Å². The highest BCUT2D eigenvalue weighted by Crippen LogP contribution is 2.30. The first kappa shape index (κ1) is 13.1. The molecule has 100 valence electrons. The predicted octanol–water partition coefficient (Wildman–Crippen LogP) is 1.57. The average molecular weight is 251 g/mol. The molecule has 2 atom stereocenters. The lowest BCUT2D eigenvalue weighted by Gasteiger charge is -2.31. The Morgan fingerprint density at radius 3 is 2.94 bits per heavy atom. The summed E-state index contributed by atoms with van der Waals surface area (Å²) in [5.41, 5.74) is 6.45. The molecule has 1 aromatic heterocycles. The van der Waals surface area contributed by atoms with Gasteiger partial charge in [0.1, 0.15) is 0 Å². The number of aromatic nitrogens is 1. The molecule has 1 aromatic rings. The van der Waals surface area contributed by atoms with E-state index in [-0.39, 0.29) is 11.9 Å². The van der Waals surface area contributed by atoms with E-state index in [9.17, 15) is 4.79 Å². The highest BCUT2D eigenvalue weighted by Gasteiger charge is 2.34. The number of nitrogens with two attached hydrogens (primary N) is 1. The Morgan fingerprint density at radius 2 is 2.39 bits per heavy atom. The molecule has 0 aliphatic heterocycles. The Kier molecular flexibility index (Phi) is 4.01. The molecule has 2 rings (SSSR count). The van der Waals surface area contributed by atoms with Crippen LogP contribution in [0, 0.1) is 12.8 Å². The van der Waals surface area contributed by atoms with Crippen LogP contribution in [0.3, 0.4) is 0 Å². The summed E-state index contributed by atoms with van der Waals surface area (Å²) < 4.78 is 5.20. The highest BCUT2D eigenvalue weighted by molar-refractivity contribution is 5.92. The summed E-state index contributed by atoms with van der Waals surface area (Å²) in [5.74, 6) is 0.717. The maximum atomic E-state index is 12.5. The van der Waals surface area contributed by atoms with Gasteiger partial charge in [-0.15, -0.1) is 0 Å². The first-order valence-electron chi connectivity index (χ1n) is 6.60. The predicted molar refractivity (Wildman–Crippen MR) is 68.1 cm³/mol. The van der Waals surface area contributed by atoms with Crippen LogP contribution in [0.15, 0.2) is 10.8 Å². The highest BCUT2D eigenvalue weighted by atomic mass is 16.3. The second kappa shape index (κ2) is 5.52. The summed E-state index contributed by atoms with van der Waals surface area (Å²) in [5, 5.41) is 0. The van der Waals surface area contributed by atoms with Crippen molar-refractivity contribution in [2.75, 3.05) is 13.1 Å². The number of oxazole rings is 1. The van der Waals surface area contributed by atoms with E-state index in [0.717, 1.165) is 19.3 Å². The molecule has 18 heavy (non-hydrogen) atoms. The Balaban J connectivity index is 2.18. The third kappa shape index (κ3) is 2.27. The summed E-state index contributed by atoms with van der Waals surface area (Å²) in [6, 6.07) is 0.247. The van der Waals surface area contributed by atoms with Crippen LogP contribution in [0.2, 0.25) is 0 Å². The van der Waals surface area contributed by atoms with E-state index < -0.39 is 0 Å². The third-order valence-corrected chi connectivity index (χ3v) is 3.86. The van der Waals surface area contributed by atoms with Crippen LogP contribution in [-0.2, 0) is 0 Å². The minimum Gasteiger partial charge on any atom is -0.438 e. The van der Waals surface area contributed by atoms with Gasteiger partial charge in [0.05, 0.1) is 5.69 Å². The molecule has 5 heteroatoms. The van der Waals surface area contributed by atoms with E-state index in [1.165, 1.54) is 6.39 Å². The van der Waals surface area contributed by atoms with Gasteiger partial charge < -0.3 is 15.1 Å². The van der Waals surface area contributed by atoms with E-state index >= 15 is 0 Å². The minimum atomic E-state index is -0.0575. The van der Waals surface area contributed by atoms with Crippen molar-refractivity contribution in [2.24, 2.45) is 11.7 Å². The first-order chi connectivity index (χ1) is 8.69. The Hall–Kier alpha value is -1.36. The van der Waals surface area contributed by atoms with Crippen LogP contribution in [0.1, 0.15) is 42.4 Å². The van der Waals surface area contributed by atoms with Crippen LogP contribution < -0.4 is 5.73 Å². The fourth-order valence-electron chi connectivity index (χ4n) is 2.87. The SMILES string of the molecule is CCN(C(=O)c1ocnc1C)C1CCCC1CN. The van der Waals surface area contributed by atoms with Gasteiger partial charge in [-0.25, -0.2) is 4.98 Å². The molecule has 0 radical (unpaired) electrons. The summed E-state index contributed by atoms with van der Waals surface area (Å²) in [7, 11) is 0. The van der Waals surface area contributed by atoms with Crippen molar-refractivity contribution in [3.8, 4) is 0 Å². The molecule has 0 spiro atoms. The van der Waals surface area contributed by atoms with Gasteiger partial charge in [-0.3, -0.25) is 4.79 Å². The fourth-order valence-corrected chi connectivity index (χ4v) is 2.87. The zero-order valence-corrected chi connectivity index (χ0v) is 11.1. The number of amides is 1. The topological polar surface area (TPSA) is 72.4 Å². The maximum absolute atomic E-state index is 12.5. The fraction of sp³-hybridized carbons (Fsp3) is 0.692. The van der Waals surface area contributed by atoms with Crippen molar-refractivity contribution >= 4 is 5.91 Å². The molecule has 0 saturated heterocycles. The molecule has 0 aromatic carbocycles. The lowest BCUT2D eigenvalue weighted by molar-refractivity contribution is 0.0618. The van der Waals surface area contributed by atoms with Crippen LogP contribution in [-0.4, -0.2) is 34.9 Å². The molecule has 1 aliphatic rings. The van der Waals surface area contributed by atoms with Crippen molar-refractivity contribution in [1.29, 1.82) is 0 Å². The van der Waals surface area contributed by atoms with Gasteiger partial charge >= 0.3 is 0 Å². The largest absolute Gasteiger partial charge is 0.438 e. The number of carbonyl (C=O) groups excluding carboxylic acids is 1. The number of hydrogen-bond donors (Lipinski definition) is 1. The van der Waals surface area contributed by atoms with Crippen molar-refractivity contribution in [2.45, 2.75) is 39.2 Å². The van der Waals surface area contributed by atoms with Gasteiger partial charge in [0.2, 0.25) is 5.76 Å². The third-order valence-electron chi connectivity index (χ3n) is 3.86. The summed E-state index contributed by atoms with van der Waals surface area (Å²) in [4.78, 5) is 18.3. The van der Waals surface area contributed by atoms with E-state index in [0.29, 0.717) is 30.5 Å². The Labute approximate surface area is 107 Å². The molecule has 2 unspecified atom stereocenters. The second-order valence-corrected chi connectivity index (χ2v) is 4.85. The number of nitrogens with zero attached hydrogens (tertiary/aromatic N) is 2. The van der Waals surface area contributed by atoms with Crippen molar-refractivity contribution in [3.63, 3.8) is 0 Å². The summed E-state index contributed by atoms with van der Waals surface area (Å²) in [6.07, 6.45) is 4.62. The van der Waals surface area contributed by atoms with Crippen molar-refractivity contribution in [3.05, 3.63) is 17.8 Å². The minimum absolute atomic E-state index is 0.0575.